The third-order valence-corrected chi connectivity index (χ3v) is 4.46. The Hall–Kier alpha value is -1.25. The van der Waals surface area contributed by atoms with Gasteiger partial charge in [0.15, 0.2) is 0 Å². The maximum absolute atomic E-state index is 11.5. The number of hydrogen-bond donors (Lipinski definition) is 2. The summed E-state index contributed by atoms with van der Waals surface area (Å²) in [5.41, 5.74) is -0.637. The summed E-state index contributed by atoms with van der Waals surface area (Å²) in [4.78, 5) is 0. The van der Waals surface area contributed by atoms with Gasteiger partial charge in [0.1, 0.15) is 5.75 Å². The molecule has 0 saturated carbocycles. The van der Waals surface area contributed by atoms with Crippen molar-refractivity contribution in [3.8, 4) is 5.75 Å². The van der Waals surface area contributed by atoms with E-state index >= 15 is 0 Å². The molecule has 0 spiro atoms. The van der Waals surface area contributed by atoms with Crippen LogP contribution in [0.3, 0.4) is 0 Å². The normalized spacial score (nSPS) is 20.5. The van der Waals surface area contributed by atoms with Gasteiger partial charge in [0, 0.05) is 5.46 Å². The van der Waals surface area contributed by atoms with E-state index in [2.05, 4.69) is 4.72 Å². The van der Waals surface area contributed by atoms with E-state index in [1.165, 1.54) is 6.07 Å². The Morgan fingerprint density at radius 1 is 1.14 bits per heavy atom. The molecule has 1 aromatic rings. The number of hydrogen-bond acceptors (Lipinski definition) is 5. The first-order chi connectivity index (χ1) is 9.43. The van der Waals surface area contributed by atoms with Crippen molar-refractivity contribution in [2.45, 2.75) is 38.9 Å². The molecule has 6 nitrogen and oxygen atoms in total. The van der Waals surface area contributed by atoms with Gasteiger partial charge in [-0.25, -0.2) is 8.42 Å². The minimum atomic E-state index is -3.48. The van der Waals surface area contributed by atoms with Crippen LogP contribution in [0.15, 0.2) is 18.2 Å². The van der Waals surface area contributed by atoms with Crippen molar-refractivity contribution < 1.29 is 22.8 Å². The van der Waals surface area contributed by atoms with Crippen LogP contribution in [0.4, 0.5) is 5.69 Å². The van der Waals surface area contributed by atoms with E-state index in [1.54, 1.807) is 12.1 Å². The van der Waals surface area contributed by atoms with E-state index in [4.69, 9.17) is 9.31 Å². The average molecular weight is 313 g/mol. The highest BCUT2D eigenvalue weighted by molar-refractivity contribution is 7.92. The summed E-state index contributed by atoms with van der Waals surface area (Å²) in [5, 5.41) is 10.1. The Kier molecular flexibility index (Phi) is 3.76. The molecule has 1 aliphatic heterocycles. The molecule has 0 radical (unpaired) electrons. The first-order valence-electron chi connectivity index (χ1n) is 6.58. The zero-order chi connectivity index (χ0) is 16.1. The van der Waals surface area contributed by atoms with Gasteiger partial charge in [0.2, 0.25) is 10.0 Å². The molecule has 0 aromatic heterocycles. The molecule has 1 fully saturated rings. The topological polar surface area (TPSA) is 84.9 Å². The molecular weight excluding hydrogens is 293 g/mol. The Labute approximate surface area is 125 Å². The van der Waals surface area contributed by atoms with Crippen molar-refractivity contribution in [2.24, 2.45) is 0 Å². The van der Waals surface area contributed by atoms with Crippen LogP contribution >= 0.6 is 0 Å². The van der Waals surface area contributed by atoms with E-state index in [9.17, 15) is 13.5 Å². The number of nitrogens with one attached hydrogen (secondary N) is 1. The molecule has 2 N–H and O–H groups in total. The van der Waals surface area contributed by atoms with E-state index < -0.39 is 28.3 Å². The van der Waals surface area contributed by atoms with E-state index in [1.807, 2.05) is 27.7 Å². The number of anilines is 1. The van der Waals surface area contributed by atoms with Gasteiger partial charge in [-0.3, -0.25) is 4.72 Å². The van der Waals surface area contributed by atoms with Crippen LogP contribution in [0, 0.1) is 0 Å². The summed E-state index contributed by atoms with van der Waals surface area (Å²) in [7, 11) is -4.32. The molecule has 1 aromatic carbocycles. The molecule has 2 rings (SSSR count). The second kappa shape index (κ2) is 4.89. The fourth-order valence-corrected chi connectivity index (χ4v) is 2.63. The molecule has 0 amide bonds. The summed E-state index contributed by atoms with van der Waals surface area (Å²) >= 11 is 0. The summed E-state index contributed by atoms with van der Waals surface area (Å²) in [5.74, 6) is -0.0813. The maximum Gasteiger partial charge on any atom is 0.500 e. The van der Waals surface area contributed by atoms with Crippen molar-refractivity contribution in [3.63, 3.8) is 0 Å². The number of aromatic hydroxyl groups is 1. The third kappa shape index (κ3) is 3.17. The number of sulfonamides is 1. The van der Waals surface area contributed by atoms with Crippen molar-refractivity contribution >= 4 is 28.3 Å². The standard InChI is InChI=1S/C13H20BNO5S/c1-12(2)13(3,4)20-14(19-12)11-9(15-21(5,17)18)7-6-8-10(11)16/h6-8,15-16H,1-5H3. The molecule has 21 heavy (non-hydrogen) atoms. The monoisotopic (exact) mass is 313 g/mol. The van der Waals surface area contributed by atoms with Gasteiger partial charge in [-0.1, -0.05) is 6.07 Å². The van der Waals surface area contributed by atoms with Crippen LogP contribution in [0.25, 0.3) is 0 Å². The largest absolute Gasteiger partial charge is 0.508 e. The van der Waals surface area contributed by atoms with Crippen LogP contribution in [0.2, 0.25) is 0 Å². The van der Waals surface area contributed by atoms with Gasteiger partial charge < -0.3 is 14.4 Å². The third-order valence-electron chi connectivity index (χ3n) is 3.87. The lowest BCUT2D eigenvalue weighted by molar-refractivity contribution is 0.00578. The molecular formula is C13H20BNO5S. The quantitative estimate of drug-likeness (QED) is 0.815. The van der Waals surface area contributed by atoms with E-state index in [-0.39, 0.29) is 16.9 Å². The van der Waals surface area contributed by atoms with Gasteiger partial charge in [0.05, 0.1) is 23.1 Å². The number of phenolic OH excluding ortho intramolecular Hbond substituents is 1. The lowest BCUT2D eigenvalue weighted by atomic mass is 9.77. The minimum absolute atomic E-state index is 0.0813. The first-order valence-corrected chi connectivity index (χ1v) is 8.47. The zero-order valence-electron chi connectivity index (χ0n) is 12.8. The predicted octanol–water partition coefficient (Wildman–Crippen LogP) is 1.06. The van der Waals surface area contributed by atoms with Gasteiger partial charge in [-0.2, -0.15) is 0 Å². The maximum atomic E-state index is 11.5. The number of phenols is 1. The lowest BCUT2D eigenvalue weighted by Gasteiger charge is -2.32. The summed E-state index contributed by atoms with van der Waals surface area (Å²) in [6.07, 6.45) is 1.05. The van der Waals surface area contributed by atoms with Crippen molar-refractivity contribution in [1.82, 2.24) is 0 Å². The Morgan fingerprint density at radius 2 is 1.67 bits per heavy atom. The molecule has 1 aliphatic rings. The fraction of sp³-hybridized carbons (Fsp3) is 0.538. The molecule has 0 aliphatic carbocycles. The second-order valence-corrected chi connectivity index (χ2v) is 7.95. The SMILES string of the molecule is CC1(C)OB(c2c(O)cccc2NS(C)(=O)=O)OC1(C)C. The highest BCUT2D eigenvalue weighted by atomic mass is 32.2. The number of benzene rings is 1. The zero-order valence-corrected chi connectivity index (χ0v) is 13.6. The molecule has 8 heteroatoms. The molecule has 1 heterocycles. The van der Waals surface area contributed by atoms with Gasteiger partial charge in [-0.05, 0) is 39.8 Å². The molecule has 0 unspecified atom stereocenters. The predicted molar refractivity (Wildman–Crippen MR) is 82.3 cm³/mol. The summed E-state index contributed by atoms with van der Waals surface area (Å²) < 4.78 is 37.0. The highest BCUT2D eigenvalue weighted by Crippen LogP contribution is 2.37. The Balaban J connectivity index is 2.46. The second-order valence-electron chi connectivity index (χ2n) is 6.20. The van der Waals surface area contributed by atoms with Crippen molar-refractivity contribution in [1.29, 1.82) is 0 Å². The van der Waals surface area contributed by atoms with Gasteiger partial charge in [0.25, 0.3) is 0 Å². The number of rotatable bonds is 3. The minimum Gasteiger partial charge on any atom is -0.508 e. The van der Waals surface area contributed by atoms with Crippen molar-refractivity contribution in [3.05, 3.63) is 18.2 Å². The summed E-state index contributed by atoms with van der Waals surface area (Å²) in [6.45, 7) is 7.54. The molecule has 1 saturated heterocycles. The van der Waals surface area contributed by atoms with Gasteiger partial charge in [-0.15, -0.1) is 0 Å². The lowest BCUT2D eigenvalue weighted by Crippen LogP contribution is -2.41. The molecule has 0 bridgehead atoms. The highest BCUT2D eigenvalue weighted by Gasteiger charge is 2.53. The van der Waals surface area contributed by atoms with Crippen LogP contribution in [0.1, 0.15) is 27.7 Å². The molecule has 116 valence electrons. The van der Waals surface area contributed by atoms with Crippen LogP contribution in [-0.2, 0) is 19.3 Å². The van der Waals surface area contributed by atoms with Gasteiger partial charge >= 0.3 is 7.12 Å². The van der Waals surface area contributed by atoms with Crippen molar-refractivity contribution in [2.75, 3.05) is 11.0 Å². The van der Waals surface area contributed by atoms with E-state index in [0.717, 1.165) is 6.26 Å². The Bertz CT molecular complexity index is 641. The van der Waals surface area contributed by atoms with Crippen LogP contribution in [0.5, 0.6) is 5.75 Å². The smallest absolute Gasteiger partial charge is 0.500 e. The van der Waals surface area contributed by atoms with Crippen LogP contribution in [-0.4, -0.2) is 38.1 Å². The average Bonchev–Trinajstić information content (AvgIpc) is 2.45. The fourth-order valence-electron chi connectivity index (χ4n) is 2.05. The molecule has 0 atom stereocenters. The summed E-state index contributed by atoms with van der Waals surface area (Å²) in [6, 6.07) is 4.58. The van der Waals surface area contributed by atoms with Crippen LogP contribution < -0.4 is 10.2 Å². The Morgan fingerprint density at radius 3 is 2.14 bits per heavy atom. The van der Waals surface area contributed by atoms with E-state index in [0.29, 0.717) is 0 Å². The first kappa shape index (κ1) is 16.1.